The van der Waals surface area contributed by atoms with Crippen LogP contribution in [0.3, 0.4) is 0 Å². The van der Waals surface area contributed by atoms with Gasteiger partial charge in [0.05, 0.1) is 6.61 Å². The minimum atomic E-state index is -1.04. The number of carbonyl (C=O) groups is 3. The first-order valence-corrected chi connectivity index (χ1v) is 6.48. The summed E-state index contributed by atoms with van der Waals surface area (Å²) in [5.41, 5.74) is 8.68. The number of nitrogens with zero attached hydrogens (tertiary/aromatic N) is 3. The van der Waals surface area contributed by atoms with Gasteiger partial charge in [-0.3, -0.25) is 14.4 Å². The zero-order valence-corrected chi connectivity index (χ0v) is 12.4. The van der Waals surface area contributed by atoms with E-state index < -0.39 is 42.3 Å². The van der Waals surface area contributed by atoms with E-state index in [1.54, 1.807) is 0 Å². The minimum Gasteiger partial charge on any atom is -0.463 e. The second-order valence-corrected chi connectivity index (χ2v) is 4.59. The van der Waals surface area contributed by atoms with E-state index in [4.69, 9.17) is 24.5 Å². The minimum absolute atomic E-state index is 0.0764. The fourth-order valence-electron chi connectivity index (χ4n) is 2.04. The average Bonchev–Trinajstić information content (AvgIpc) is 2.40. The van der Waals surface area contributed by atoms with Crippen LogP contribution in [-0.4, -0.2) is 55.5 Å². The first-order chi connectivity index (χ1) is 10.3. The zero-order valence-electron chi connectivity index (χ0n) is 12.4. The number of ether oxygens (including phenoxy) is 4. The van der Waals surface area contributed by atoms with E-state index in [1.807, 2.05) is 0 Å². The van der Waals surface area contributed by atoms with Gasteiger partial charge in [-0.2, -0.15) is 0 Å². The molecule has 1 rings (SSSR count). The first-order valence-electron chi connectivity index (χ1n) is 6.48. The smallest absolute Gasteiger partial charge is 0.303 e. The predicted octanol–water partition coefficient (Wildman–Crippen LogP) is 0.491. The van der Waals surface area contributed by atoms with Crippen molar-refractivity contribution < 1.29 is 33.3 Å². The van der Waals surface area contributed by atoms with Crippen molar-refractivity contribution in [1.29, 1.82) is 0 Å². The molecule has 4 atom stereocenters. The van der Waals surface area contributed by atoms with E-state index in [2.05, 4.69) is 10.0 Å². The lowest BCUT2D eigenvalue weighted by Crippen LogP contribution is -2.56. The van der Waals surface area contributed by atoms with Gasteiger partial charge in [0.15, 0.2) is 0 Å². The van der Waals surface area contributed by atoms with E-state index in [0.29, 0.717) is 0 Å². The summed E-state index contributed by atoms with van der Waals surface area (Å²) < 4.78 is 20.4. The van der Waals surface area contributed by atoms with Gasteiger partial charge in [-0.1, -0.05) is 5.11 Å². The number of hydrogen-bond acceptors (Lipinski definition) is 8. The zero-order chi connectivity index (χ0) is 16.7. The first kappa shape index (κ1) is 17.7. The highest BCUT2D eigenvalue weighted by Crippen LogP contribution is 2.24. The lowest BCUT2D eigenvalue weighted by molar-refractivity contribution is -0.194. The lowest BCUT2D eigenvalue weighted by Gasteiger charge is -2.39. The average molecular weight is 315 g/mol. The predicted molar refractivity (Wildman–Crippen MR) is 70.4 cm³/mol. The van der Waals surface area contributed by atoms with Crippen molar-refractivity contribution in [3.05, 3.63) is 10.4 Å². The molecule has 0 amide bonds. The molecule has 0 aromatic carbocycles. The Bertz CT molecular complexity index is 489. The van der Waals surface area contributed by atoms with E-state index in [-0.39, 0.29) is 13.2 Å². The van der Waals surface area contributed by atoms with Crippen molar-refractivity contribution in [2.24, 2.45) is 5.11 Å². The summed E-state index contributed by atoms with van der Waals surface area (Å²) >= 11 is 0. The number of hydrogen-bond donors (Lipinski definition) is 0. The van der Waals surface area contributed by atoms with E-state index in [1.165, 1.54) is 20.8 Å². The molecular formula is C12H17N3O7. The van der Waals surface area contributed by atoms with Gasteiger partial charge >= 0.3 is 17.9 Å². The van der Waals surface area contributed by atoms with Crippen LogP contribution >= 0.6 is 0 Å². The topological polar surface area (TPSA) is 137 Å². The largest absolute Gasteiger partial charge is 0.463 e. The van der Waals surface area contributed by atoms with Crippen molar-refractivity contribution in [3.63, 3.8) is 0 Å². The maximum absolute atomic E-state index is 11.2. The van der Waals surface area contributed by atoms with Crippen molar-refractivity contribution in [1.82, 2.24) is 0 Å². The Morgan fingerprint density at radius 3 is 2.32 bits per heavy atom. The summed E-state index contributed by atoms with van der Waals surface area (Å²) in [5, 5.41) is 3.54. The summed E-state index contributed by atoms with van der Waals surface area (Å²) in [6.07, 6.45) is -2.76. The van der Waals surface area contributed by atoms with Crippen LogP contribution in [0.1, 0.15) is 20.8 Å². The summed E-state index contributed by atoms with van der Waals surface area (Å²) in [4.78, 5) is 35.9. The van der Waals surface area contributed by atoms with Crippen LogP contribution in [0.4, 0.5) is 0 Å². The fraction of sp³-hybridized carbons (Fsp3) is 0.750. The number of azide groups is 1. The molecule has 1 fully saturated rings. The summed E-state index contributed by atoms with van der Waals surface area (Å²) in [6, 6.07) is -0.980. The molecule has 10 heteroatoms. The molecular weight excluding hydrogens is 298 g/mol. The van der Waals surface area contributed by atoms with Crippen LogP contribution < -0.4 is 0 Å². The second-order valence-electron chi connectivity index (χ2n) is 4.59. The van der Waals surface area contributed by atoms with Gasteiger partial charge in [0, 0.05) is 25.7 Å². The Morgan fingerprint density at radius 1 is 1.18 bits per heavy atom. The third-order valence-electron chi connectivity index (χ3n) is 2.81. The monoisotopic (exact) mass is 315 g/mol. The Balaban J connectivity index is 2.97. The van der Waals surface area contributed by atoms with Crippen molar-refractivity contribution in [2.45, 2.75) is 45.1 Å². The highest BCUT2D eigenvalue weighted by Gasteiger charge is 2.44. The van der Waals surface area contributed by atoms with Crippen LogP contribution in [-0.2, 0) is 33.3 Å². The lowest BCUT2D eigenvalue weighted by atomic mass is 9.98. The fourth-order valence-corrected chi connectivity index (χ4v) is 2.04. The Kier molecular flexibility index (Phi) is 6.61. The maximum Gasteiger partial charge on any atom is 0.303 e. The number of esters is 3. The van der Waals surface area contributed by atoms with Crippen LogP contribution in [0.25, 0.3) is 10.4 Å². The Morgan fingerprint density at radius 2 is 1.82 bits per heavy atom. The van der Waals surface area contributed by atoms with Gasteiger partial charge in [-0.25, -0.2) is 0 Å². The molecule has 0 spiro atoms. The van der Waals surface area contributed by atoms with Gasteiger partial charge in [0.25, 0.3) is 0 Å². The molecule has 1 saturated heterocycles. The molecule has 1 unspecified atom stereocenters. The molecule has 10 nitrogen and oxygen atoms in total. The summed E-state index contributed by atoms with van der Waals surface area (Å²) in [6.45, 7) is 3.32. The number of carbonyl (C=O) groups excluding carboxylic acids is 3. The van der Waals surface area contributed by atoms with Crippen molar-refractivity contribution in [3.8, 4) is 0 Å². The normalized spacial score (nSPS) is 27.2. The van der Waals surface area contributed by atoms with Gasteiger partial charge < -0.3 is 18.9 Å². The van der Waals surface area contributed by atoms with E-state index in [9.17, 15) is 14.4 Å². The maximum atomic E-state index is 11.2. The Hall–Kier alpha value is -2.32. The molecule has 0 saturated carbocycles. The Labute approximate surface area is 126 Å². The van der Waals surface area contributed by atoms with Gasteiger partial charge in [-0.15, -0.1) is 0 Å². The third kappa shape index (κ3) is 5.23. The van der Waals surface area contributed by atoms with Gasteiger partial charge in [0.1, 0.15) is 31.0 Å². The molecule has 0 aromatic heterocycles. The van der Waals surface area contributed by atoms with Crippen molar-refractivity contribution >= 4 is 17.9 Å². The third-order valence-corrected chi connectivity index (χ3v) is 2.81. The second kappa shape index (κ2) is 8.20. The molecule has 1 heterocycles. The van der Waals surface area contributed by atoms with Crippen LogP contribution in [0.2, 0.25) is 0 Å². The standard InChI is InChI=1S/C12H17N3O7/c1-6(16)19-5-10-12(22-8(3)18)11(14-15-13)9(4-20-10)21-7(2)17/h9-12H,4-5H2,1-3H3/t9-,10+,11?,12-/m0/s1. The quantitative estimate of drug-likeness (QED) is 0.236. The van der Waals surface area contributed by atoms with E-state index in [0.717, 1.165) is 0 Å². The molecule has 0 aliphatic carbocycles. The van der Waals surface area contributed by atoms with Crippen LogP contribution in [0.5, 0.6) is 0 Å². The molecule has 0 aromatic rings. The molecule has 1 aliphatic rings. The summed E-state index contributed by atoms with van der Waals surface area (Å²) in [7, 11) is 0. The van der Waals surface area contributed by atoms with Crippen LogP contribution in [0.15, 0.2) is 5.11 Å². The van der Waals surface area contributed by atoms with E-state index >= 15 is 0 Å². The van der Waals surface area contributed by atoms with Crippen molar-refractivity contribution in [2.75, 3.05) is 13.2 Å². The van der Waals surface area contributed by atoms with Gasteiger partial charge in [-0.05, 0) is 5.53 Å². The highest BCUT2D eigenvalue weighted by atomic mass is 16.6. The number of rotatable bonds is 5. The highest BCUT2D eigenvalue weighted by molar-refractivity contribution is 5.67. The molecule has 0 N–H and O–H groups in total. The van der Waals surface area contributed by atoms with Gasteiger partial charge in [0.2, 0.25) is 0 Å². The summed E-state index contributed by atoms with van der Waals surface area (Å²) in [5.74, 6) is -1.76. The molecule has 122 valence electrons. The molecule has 22 heavy (non-hydrogen) atoms. The SMILES string of the molecule is CC(=O)OC[C@H]1OC[C@H](OC(C)=O)C(N=[N+]=[N-])[C@H]1OC(C)=O. The molecule has 0 radical (unpaired) electrons. The molecule has 1 aliphatic heterocycles. The molecule has 0 bridgehead atoms. The van der Waals surface area contributed by atoms with Crippen LogP contribution in [0, 0.1) is 0 Å².